The maximum absolute atomic E-state index is 11.9. The first kappa shape index (κ1) is 11.6. The van der Waals surface area contributed by atoms with Gasteiger partial charge in [-0.2, -0.15) is 9.36 Å². The van der Waals surface area contributed by atoms with E-state index in [2.05, 4.69) is 15.7 Å². The normalized spacial score (nSPS) is 21.8. The molecule has 1 aliphatic carbocycles. The van der Waals surface area contributed by atoms with Gasteiger partial charge in [-0.25, -0.2) is 4.79 Å². The lowest BCUT2D eigenvalue weighted by Gasteiger charge is -2.21. The van der Waals surface area contributed by atoms with Gasteiger partial charge in [0.15, 0.2) is 0 Å². The van der Waals surface area contributed by atoms with Crippen molar-refractivity contribution < 1.29 is 0 Å². The van der Waals surface area contributed by atoms with Crippen LogP contribution in [0.25, 0.3) is 0 Å². The van der Waals surface area contributed by atoms with Crippen LogP contribution in [0.1, 0.15) is 37.8 Å². The van der Waals surface area contributed by atoms with Gasteiger partial charge in [-0.15, -0.1) is 12.4 Å². The molecule has 0 amide bonds. The Morgan fingerprint density at radius 3 is 2.00 bits per heavy atom. The topological polar surface area (TPSA) is 64.7 Å². The summed E-state index contributed by atoms with van der Waals surface area (Å²) in [6, 6.07) is 0.569. The highest BCUT2D eigenvalue weighted by Crippen LogP contribution is 2.32. The first-order valence-corrected chi connectivity index (χ1v) is 5.61. The molecule has 0 spiro atoms. The second kappa shape index (κ2) is 4.55. The van der Waals surface area contributed by atoms with Crippen LogP contribution in [0.3, 0.4) is 0 Å². The molecule has 2 heterocycles. The van der Waals surface area contributed by atoms with Gasteiger partial charge in [-0.05, 0) is 49.2 Å². The van der Waals surface area contributed by atoms with Crippen LogP contribution in [0.2, 0.25) is 0 Å². The number of nitrogens with zero attached hydrogens (tertiary/aromatic N) is 4. The number of hydrogen-bond donors (Lipinski definition) is 1. The Balaban J connectivity index is 0.000000963. The van der Waals surface area contributed by atoms with Crippen molar-refractivity contribution in [2.45, 2.75) is 37.8 Å². The molecule has 7 heteroatoms. The van der Waals surface area contributed by atoms with Crippen LogP contribution in [0.5, 0.6) is 0 Å². The summed E-state index contributed by atoms with van der Waals surface area (Å²) in [6.45, 7) is 1.93. The van der Waals surface area contributed by atoms with Crippen LogP contribution < -0.4 is 11.0 Å². The van der Waals surface area contributed by atoms with Crippen LogP contribution in [0, 0.1) is 0 Å². The quantitative estimate of drug-likeness (QED) is 0.804. The second-order valence-electron chi connectivity index (χ2n) is 4.36. The first-order chi connectivity index (χ1) is 7.36. The van der Waals surface area contributed by atoms with Crippen molar-refractivity contribution in [3.63, 3.8) is 0 Å². The highest BCUT2D eigenvalue weighted by molar-refractivity contribution is 5.85. The smallest absolute Gasteiger partial charge is 0.317 e. The van der Waals surface area contributed by atoms with Gasteiger partial charge in [0.05, 0.1) is 12.1 Å². The van der Waals surface area contributed by atoms with Gasteiger partial charge >= 0.3 is 5.69 Å². The summed E-state index contributed by atoms with van der Waals surface area (Å²) in [7, 11) is 0. The maximum atomic E-state index is 11.9. The van der Waals surface area contributed by atoms with E-state index in [0.29, 0.717) is 6.04 Å². The third kappa shape index (κ3) is 1.99. The molecule has 16 heavy (non-hydrogen) atoms. The summed E-state index contributed by atoms with van der Waals surface area (Å²) in [5.41, 5.74) is -0.0237. The highest BCUT2D eigenvalue weighted by atomic mass is 35.5. The van der Waals surface area contributed by atoms with E-state index in [1.807, 2.05) is 0 Å². The average molecular weight is 246 g/mol. The third-order valence-corrected chi connectivity index (χ3v) is 3.17. The maximum Gasteiger partial charge on any atom is 0.364 e. The Morgan fingerprint density at radius 2 is 1.50 bits per heavy atom. The Labute approximate surface area is 99.4 Å². The number of aromatic nitrogens is 4. The molecule has 3 rings (SSSR count). The molecule has 1 N–H and O–H groups in total. The minimum Gasteiger partial charge on any atom is -0.317 e. The summed E-state index contributed by atoms with van der Waals surface area (Å²) < 4.78 is 3.11. The van der Waals surface area contributed by atoms with Crippen LogP contribution in [-0.2, 0) is 0 Å². The van der Waals surface area contributed by atoms with Crippen molar-refractivity contribution >= 4 is 12.4 Å². The van der Waals surface area contributed by atoms with Crippen molar-refractivity contribution in [2.24, 2.45) is 0 Å². The molecule has 1 saturated carbocycles. The lowest BCUT2D eigenvalue weighted by molar-refractivity contribution is 0.330. The van der Waals surface area contributed by atoms with Crippen molar-refractivity contribution in [1.82, 2.24) is 25.1 Å². The molecule has 90 valence electrons. The Morgan fingerprint density at radius 1 is 1.00 bits per heavy atom. The largest absolute Gasteiger partial charge is 0.364 e. The lowest BCUT2D eigenvalue weighted by atomic mass is 10.1. The second-order valence-corrected chi connectivity index (χ2v) is 4.36. The van der Waals surface area contributed by atoms with Crippen molar-refractivity contribution in [2.75, 3.05) is 13.1 Å². The fraction of sp³-hybridized carbons (Fsp3) is 0.889. The number of hydrogen-bond acceptors (Lipinski definition) is 4. The van der Waals surface area contributed by atoms with E-state index >= 15 is 0 Å². The third-order valence-electron chi connectivity index (χ3n) is 3.17. The van der Waals surface area contributed by atoms with Gasteiger partial charge < -0.3 is 5.32 Å². The molecule has 1 aliphatic heterocycles. The fourth-order valence-corrected chi connectivity index (χ4v) is 2.10. The predicted octanol–water partition coefficient (Wildman–Crippen LogP) is 0.121. The van der Waals surface area contributed by atoms with Crippen LogP contribution in [0.4, 0.5) is 0 Å². The van der Waals surface area contributed by atoms with E-state index in [9.17, 15) is 4.79 Å². The Kier molecular flexibility index (Phi) is 3.30. The summed E-state index contributed by atoms with van der Waals surface area (Å²) in [4.78, 5) is 11.9. The number of halogens is 1. The molecule has 0 bridgehead atoms. The number of nitrogens with one attached hydrogen (secondary N) is 1. The fourth-order valence-electron chi connectivity index (χ4n) is 2.10. The summed E-state index contributed by atoms with van der Waals surface area (Å²) in [6.07, 6.45) is 4.10. The zero-order chi connectivity index (χ0) is 10.3. The minimum absolute atomic E-state index is 0. The van der Waals surface area contributed by atoms with E-state index < -0.39 is 0 Å². The number of tetrazole rings is 1. The Bertz CT molecular complexity index is 404. The zero-order valence-electron chi connectivity index (χ0n) is 9.00. The molecule has 1 saturated heterocycles. The molecule has 2 aliphatic rings. The SMILES string of the molecule is Cl.O=c1n(C2CCNCC2)nnn1C1CC1. The minimum atomic E-state index is -0.0237. The van der Waals surface area contributed by atoms with Gasteiger partial charge in [0.1, 0.15) is 0 Å². The lowest BCUT2D eigenvalue weighted by Crippen LogP contribution is -2.35. The molecule has 2 fully saturated rings. The van der Waals surface area contributed by atoms with Crippen LogP contribution in [-0.4, -0.2) is 32.9 Å². The van der Waals surface area contributed by atoms with Crippen molar-refractivity contribution in [1.29, 1.82) is 0 Å². The molecular formula is C9H16ClN5O. The zero-order valence-corrected chi connectivity index (χ0v) is 9.82. The van der Waals surface area contributed by atoms with Gasteiger partial charge in [0.25, 0.3) is 0 Å². The monoisotopic (exact) mass is 245 g/mol. The molecular weight excluding hydrogens is 230 g/mol. The van der Waals surface area contributed by atoms with E-state index in [1.165, 1.54) is 0 Å². The standard InChI is InChI=1S/C9H15N5O.ClH/c15-9-13(7-1-2-7)11-12-14(9)8-3-5-10-6-4-8;/h7-8,10H,1-6H2;1H. The van der Waals surface area contributed by atoms with Gasteiger partial charge in [0, 0.05) is 0 Å². The molecule has 6 nitrogen and oxygen atoms in total. The van der Waals surface area contributed by atoms with Crippen LogP contribution in [0.15, 0.2) is 4.79 Å². The van der Waals surface area contributed by atoms with Crippen LogP contribution >= 0.6 is 12.4 Å². The van der Waals surface area contributed by atoms with E-state index in [1.54, 1.807) is 9.36 Å². The molecule has 1 aromatic heterocycles. The molecule has 0 atom stereocenters. The number of piperidine rings is 1. The van der Waals surface area contributed by atoms with Gasteiger partial charge in [0.2, 0.25) is 0 Å². The summed E-state index contributed by atoms with van der Waals surface area (Å²) in [5.74, 6) is 0. The molecule has 0 aromatic carbocycles. The Hall–Kier alpha value is -0.880. The average Bonchev–Trinajstić information content (AvgIpc) is 3.04. The first-order valence-electron chi connectivity index (χ1n) is 5.61. The van der Waals surface area contributed by atoms with Crippen molar-refractivity contribution in [3.05, 3.63) is 10.5 Å². The van der Waals surface area contributed by atoms with E-state index in [0.717, 1.165) is 38.8 Å². The summed E-state index contributed by atoms with van der Waals surface area (Å²) >= 11 is 0. The van der Waals surface area contributed by atoms with E-state index in [-0.39, 0.29) is 24.1 Å². The highest BCUT2D eigenvalue weighted by Gasteiger charge is 2.29. The summed E-state index contributed by atoms with van der Waals surface area (Å²) in [5, 5.41) is 11.2. The predicted molar refractivity (Wildman–Crippen MR) is 60.9 cm³/mol. The molecule has 1 aromatic rings. The van der Waals surface area contributed by atoms with Gasteiger partial charge in [-0.1, -0.05) is 0 Å². The van der Waals surface area contributed by atoms with Gasteiger partial charge in [-0.3, -0.25) is 0 Å². The number of rotatable bonds is 2. The van der Waals surface area contributed by atoms with E-state index in [4.69, 9.17) is 0 Å². The molecule has 0 radical (unpaired) electrons. The molecule has 0 unspecified atom stereocenters. The van der Waals surface area contributed by atoms with Crippen molar-refractivity contribution in [3.8, 4) is 0 Å².